The molecule has 0 aliphatic rings. The van der Waals surface area contributed by atoms with E-state index in [1.54, 1.807) is 26.4 Å². The summed E-state index contributed by atoms with van der Waals surface area (Å²) in [5.41, 5.74) is 2.47. The molecule has 1 N–H and O–H groups in total. The van der Waals surface area contributed by atoms with Crippen molar-refractivity contribution in [3.8, 4) is 11.5 Å². The Labute approximate surface area is 167 Å². The Morgan fingerprint density at radius 2 is 1.88 bits per heavy atom. The maximum absolute atomic E-state index is 12.4. The Bertz CT molecular complexity index is 799. The summed E-state index contributed by atoms with van der Waals surface area (Å²) in [6, 6.07) is 9.30. The molecule has 0 aliphatic heterocycles. The van der Waals surface area contributed by atoms with Crippen LogP contribution < -0.4 is 14.8 Å². The number of carbonyl (C=O) groups excluding carboxylic acids is 1. The van der Waals surface area contributed by atoms with Crippen molar-refractivity contribution in [2.45, 2.75) is 13.5 Å². The third-order valence-corrected chi connectivity index (χ3v) is 4.75. The summed E-state index contributed by atoms with van der Waals surface area (Å²) in [6.07, 6.45) is 0. The van der Waals surface area contributed by atoms with Crippen LogP contribution in [0.4, 0.5) is 5.69 Å². The maximum atomic E-state index is 12.4. The fourth-order valence-corrected chi connectivity index (χ4v) is 3.14. The Balaban J connectivity index is 2.04. The number of benzene rings is 2. The largest absolute Gasteiger partial charge is 0.496 e. The van der Waals surface area contributed by atoms with Gasteiger partial charge in [-0.05, 0) is 43.8 Å². The standard InChI is InChI=1S/C19H22BrClN2O3/c1-12-7-16(18(26-4)9-15(12)21)22-19(24)11-23(2)10-13-8-14(20)5-6-17(13)25-3/h5-9H,10-11H2,1-4H3,(H,22,24). The average Bonchev–Trinajstić information content (AvgIpc) is 2.57. The van der Waals surface area contributed by atoms with Crippen LogP contribution in [0.15, 0.2) is 34.8 Å². The average molecular weight is 442 g/mol. The molecule has 0 saturated heterocycles. The van der Waals surface area contributed by atoms with Gasteiger partial charge in [0.1, 0.15) is 11.5 Å². The molecule has 26 heavy (non-hydrogen) atoms. The van der Waals surface area contributed by atoms with Gasteiger partial charge in [-0.3, -0.25) is 9.69 Å². The number of nitrogens with zero attached hydrogens (tertiary/aromatic N) is 1. The van der Waals surface area contributed by atoms with Gasteiger partial charge in [0.25, 0.3) is 0 Å². The van der Waals surface area contributed by atoms with E-state index in [2.05, 4.69) is 21.2 Å². The molecule has 0 aliphatic carbocycles. The molecular formula is C19H22BrClN2O3. The highest BCUT2D eigenvalue weighted by Crippen LogP contribution is 2.31. The van der Waals surface area contributed by atoms with Gasteiger partial charge in [0.2, 0.25) is 5.91 Å². The van der Waals surface area contributed by atoms with E-state index in [9.17, 15) is 4.79 Å². The second kappa shape index (κ2) is 9.26. The van der Waals surface area contributed by atoms with Crippen LogP contribution in [0.1, 0.15) is 11.1 Å². The number of amides is 1. The topological polar surface area (TPSA) is 50.8 Å². The summed E-state index contributed by atoms with van der Waals surface area (Å²) >= 11 is 9.56. The van der Waals surface area contributed by atoms with E-state index in [1.807, 2.05) is 37.1 Å². The molecule has 0 aromatic heterocycles. The molecule has 140 valence electrons. The molecule has 0 heterocycles. The molecule has 0 bridgehead atoms. The lowest BCUT2D eigenvalue weighted by Crippen LogP contribution is -2.30. The van der Waals surface area contributed by atoms with Gasteiger partial charge in [-0.1, -0.05) is 27.5 Å². The quantitative estimate of drug-likeness (QED) is 0.687. The van der Waals surface area contributed by atoms with Gasteiger partial charge in [-0.25, -0.2) is 0 Å². The number of hydrogen-bond acceptors (Lipinski definition) is 4. The molecule has 2 aromatic rings. The molecule has 5 nitrogen and oxygen atoms in total. The smallest absolute Gasteiger partial charge is 0.238 e. The van der Waals surface area contributed by atoms with Gasteiger partial charge in [-0.2, -0.15) is 0 Å². The number of carbonyl (C=O) groups is 1. The highest BCUT2D eigenvalue weighted by molar-refractivity contribution is 9.10. The molecule has 0 fully saturated rings. The summed E-state index contributed by atoms with van der Waals surface area (Å²) in [5, 5.41) is 3.48. The van der Waals surface area contributed by atoms with Crippen molar-refractivity contribution < 1.29 is 14.3 Å². The van der Waals surface area contributed by atoms with E-state index in [4.69, 9.17) is 21.1 Å². The Morgan fingerprint density at radius 3 is 2.54 bits per heavy atom. The van der Waals surface area contributed by atoms with Gasteiger partial charge in [-0.15, -0.1) is 0 Å². The molecule has 2 rings (SSSR count). The monoisotopic (exact) mass is 440 g/mol. The molecule has 0 saturated carbocycles. The van der Waals surface area contributed by atoms with E-state index >= 15 is 0 Å². The first kappa shape index (κ1) is 20.6. The van der Waals surface area contributed by atoms with E-state index in [1.165, 1.54) is 0 Å². The summed E-state index contributed by atoms with van der Waals surface area (Å²) in [4.78, 5) is 14.3. The molecular weight excluding hydrogens is 420 g/mol. The Hall–Kier alpha value is -1.76. The normalized spacial score (nSPS) is 10.7. The summed E-state index contributed by atoms with van der Waals surface area (Å²) < 4.78 is 11.6. The van der Waals surface area contributed by atoms with Crippen LogP contribution in [-0.2, 0) is 11.3 Å². The van der Waals surface area contributed by atoms with Gasteiger partial charge >= 0.3 is 0 Å². The van der Waals surface area contributed by atoms with Gasteiger partial charge < -0.3 is 14.8 Å². The van der Waals surface area contributed by atoms with Gasteiger partial charge in [0, 0.05) is 27.7 Å². The maximum Gasteiger partial charge on any atom is 0.238 e. The molecule has 0 radical (unpaired) electrons. The zero-order valence-corrected chi connectivity index (χ0v) is 17.6. The second-order valence-electron chi connectivity index (χ2n) is 5.98. The van der Waals surface area contributed by atoms with Crippen molar-refractivity contribution in [1.29, 1.82) is 0 Å². The van der Waals surface area contributed by atoms with Gasteiger partial charge in [0.15, 0.2) is 0 Å². The number of likely N-dealkylation sites (N-methyl/N-ethyl adjacent to an activating group) is 1. The highest BCUT2D eigenvalue weighted by atomic mass is 79.9. The molecule has 2 aromatic carbocycles. The lowest BCUT2D eigenvalue weighted by molar-refractivity contribution is -0.117. The first-order valence-corrected chi connectivity index (χ1v) is 9.16. The lowest BCUT2D eigenvalue weighted by atomic mass is 10.2. The number of ether oxygens (including phenoxy) is 2. The van der Waals surface area contributed by atoms with Crippen LogP contribution in [0.2, 0.25) is 5.02 Å². The zero-order chi connectivity index (χ0) is 19.3. The molecule has 7 heteroatoms. The van der Waals surface area contributed by atoms with E-state index in [0.29, 0.717) is 23.0 Å². The van der Waals surface area contributed by atoms with Crippen molar-refractivity contribution in [3.63, 3.8) is 0 Å². The zero-order valence-electron chi connectivity index (χ0n) is 15.2. The van der Waals surface area contributed by atoms with Crippen molar-refractivity contribution in [3.05, 3.63) is 51.0 Å². The van der Waals surface area contributed by atoms with Crippen LogP contribution in [0, 0.1) is 6.92 Å². The molecule has 0 atom stereocenters. The SMILES string of the molecule is COc1ccc(Br)cc1CN(C)CC(=O)Nc1cc(C)c(Cl)cc1OC. The first-order chi connectivity index (χ1) is 12.3. The third-order valence-electron chi connectivity index (χ3n) is 3.85. The minimum absolute atomic E-state index is 0.138. The summed E-state index contributed by atoms with van der Waals surface area (Å²) in [5.74, 6) is 1.18. The molecule has 0 unspecified atom stereocenters. The number of rotatable bonds is 7. The number of anilines is 1. The summed E-state index contributed by atoms with van der Waals surface area (Å²) in [7, 11) is 5.06. The van der Waals surface area contributed by atoms with E-state index in [-0.39, 0.29) is 12.5 Å². The fourth-order valence-electron chi connectivity index (χ4n) is 2.58. The Kier molecular flexibility index (Phi) is 7.32. The van der Waals surface area contributed by atoms with Gasteiger partial charge in [0.05, 0.1) is 26.5 Å². The van der Waals surface area contributed by atoms with Crippen molar-refractivity contribution in [1.82, 2.24) is 4.90 Å². The lowest BCUT2D eigenvalue weighted by Gasteiger charge is -2.19. The van der Waals surface area contributed by atoms with Crippen LogP contribution in [0.5, 0.6) is 11.5 Å². The van der Waals surface area contributed by atoms with Crippen molar-refractivity contribution in [2.24, 2.45) is 0 Å². The second-order valence-corrected chi connectivity index (χ2v) is 7.30. The highest BCUT2D eigenvalue weighted by Gasteiger charge is 2.14. The molecule has 1 amide bonds. The third kappa shape index (κ3) is 5.37. The van der Waals surface area contributed by atoms with Crippen LogP contribution >= 0.6 is 27.5 Å². The van der Waals surface area contributed by atoms with E-state index in [0.717, 1.165) is 21.3 Å². The predicted molar refractivity (Wildman–Crippen MR) is 108 cm³/mol. The minimum atomic E-state index is -0.138. The first-order valence-electron chi connectivity index (χ1n) is 7.99. The predicted octanol–water partition coefficient (Wildman–Crippen LogP) is 4.50. The van der Waals surface area contributed by atoms with Crippen LogP contribution in [0.3, 0.4) is 0 Å². The van der Waals surface area contributed by atoms with E-state index < -0.39 is 0 Å². The number of hydrogen-bond donors (Lipinski definition) is 1. The number of aryl methyl sites for hydroxylation is 1. The Morgan fingerprint density at radius 1 is 1.19 bits per heavy atom. The van der Waals surface area contributed by atoms with Crippen LogP contribution in [-0.4, -0.2) is 38.6 Å². The van der Waals surface area contributed by atoms with Crippen LogP contribution in [0.25, 0.3) is 0 Å². The summed E-state index contributed by atoms with van der Waals surface area (Å²) in [6.45, 7) is 2.68. The van der Waals surface area contributed by atoms with Crippen molar-refractivity contribution in [2.75, 3.05) is 33.1 Å². The minimum Gasteiger partial charge on any atom is -0.496 e. The number of methoxy groups -OCH3 is 2. The molecule has 0 spiro atoms. The fraction of sp³-hybridized carbons (Fsp3) is 0.316. The number of nitrogens with one attached hydrogen (secondary N) is 1. The van der Waals surface area contributed by atoms with Crippen molar-refractivity contribution >= 4 is 39.1 Å². The number of halogens is 2.